The van der Waals surface area contributed by atoms with Crippen LogP contribution in [0.3, 0.4) is 0 Å². The average molecular weight is 291 g/mol. The molecule has 2 aromatic rings. The van der Waals surface area contributed by atoms with E-state index in [-0.39, 0.29) is 17.5 Å². The van der Waals surface area contributed by atoms with Crippen LogP contribution in [0, 0.1) is 0 Å². The number of benzene rings is 1. The minimum Gasteiger partial charge on any atom is -0.325 e. The highest BCUT2D eigenvalue weighted by Gasteiger charge is 2.18. The van der Waals surface area contributed by atoms with Gasteiger partial charge in [0.15, 0.2) is 0 Å². The van der Waals surface area contributed by atoms with Gasteiger partial charge in [0.1, 0.15) is 4.90 Å². The van der Waals surface area contributed by atoms with E-state index in [9.17, 15) is 8.42 Å². The van der Waals surface area contributed by atoms with Crippen molar-refractivity contribution in [1.82, 2.24) is 9.71 Å². The van der Waals surface area contributed by atoms with Crippen molar-refractivity contribution >= 4 is 10.0 Å². The highest BCUT2D eigenvalue weighted by Crippen LogP contribution is 2.16. The highest BCUT2D eigenvalue weighted by molar-refractivity contribution is 7.89. The van der Waals surface area contributed by atoms with Crippen LogP contribution < -0.4 is 10.5 Å². The molecule has 0 fully saturated rings. The molecule has 1 unspecified atom stereocenters. The van der Waals surface area contributed by atoms with Gasteiger partial charge in [0.2, 0.25) is 10.0 Å². The van der Waals surface area contributed by atoms with Crippen molar-refractivity contribution in [2.45, 2.75) is 24.4 Å². The van der Waals surface area contributed by atoms with Crippen LogP contribution in [0.5, 0.6) is 0 Å². The van der Waals surface area contributed by atoms with E-state index in [0.29, 0.717) is 5.69 Å². The van der Waals surface area contributed by atoms with Gasteiger partial charge in [0.05, 0.1) is 5.69 Å². The lowest BCUT2D eigenvalue weighted by Gasteiger charge is -2.14. The molecule has 0 spiro atoms. The second-order valence-corrected chi connectivity index (χ2v) is 6.16. The maximum atomic E-state index is 12.2. The predicted molar refractivity (Wildman–Crippen MR) is 77.3 cm³/mol. The largest absolute Gasteiger partial charge is 0.325 e. The fourth-order valence-electron chi connectivity index (χ4n) is 1.80. The van der Waals surface area contributed by atoms with E-state index in [1.54, 1.807) is 13.0 Å². The third kappa shape index (κ3) is 3.41. The summed E-state index contributed by atoms with van der Waals surface area (Å²) in [4.78, 5) is 4.14. The molecule has 3 N–H and O–H groups in total. The summed E-state index contributed by atoms with van der Waals surface area (Å²) in [5.74, 6) is 0. The lowest BCUT2D eigenvalue weighted by Crippen LogP contribution is -2.27. The molecule has 1 aromatic carbocycles. The van der Waals surface area contributed by atoms with Crippen molar-refractivity contribution < 1.29 is 8.42 Å². The van der Waals surface area contributed by atoms with Gasteiger partial charge in [0.25, 0.3) is 0 Å². The topological polar surface area (TPSA) is 85.1 Å². The average Bonchev–Trinajstić information content (AvgIpc) is 2.48. The van der Waals surface area contributed by atoms with Gasteiger partial charge in [-0.05, 0) is 24.6 Å². The van der Waals surface area contributed by atoms with Crippen molar-refractivity contribution in [1.29, 1.82) is 0 Å². The zero-order valence-electron chi connectivity index (χ0n) is 11.2. The Bertz CT molecular complexity index is 655. The summed E-state index contributed by atoms with van der Waals surface area (Å²) < 4.78 is 27.1. The molecule has 6 heteroatoms. The Morgan fingerprint density at radius 1 is 1.20 bits per heavy atom. The molecule has 0 bridgehead atoms. The summed E-state index contributed by atoms with van der Waals surface area (Å²) in [7, 11) is -3.59. The van der Waals surface area contributed by atoms with Crippen LogP contribution in [0.4, 0.5) is 0 Å². The van der Waals surface area contributed by atoms with E-state index in [4.69, 9.17) is 5.73 Å². The molecule has 5 nitrogen and oxygen atoms in total. The van der Waals surface area contributed by atoms with Crippen LogP contribution in [0.1, 0.15) is 24.2 Å². The molecule has 0 amide bonds. The Morgan fingerprint density at radius 3 is 2.45 bits per heavy atom. The normalized spacial score (nSPS) is 13.1. The predicted octanol–water partition coefficient (Wildman–Crippen LogP) is 1.58. The number of rotatable bonds is 5. The van der Waals surface area contributed by atoms with Crippen LogP contribution in [0.15, 0.2) is 53.6 Å². The molecule has 0 aliphatic rings. The van der Waals surface area contributed by atoms with Gasteiger partial charge < -0.3 is 5.73 Å². The maximum Gasteiger partial charge on any atom is 0.242 e. The minimum atomic E-state index is -3.59. The third-order valence-corrected chi connectivity index (χ3v) is 4.47. The van der Waals surface area contributed by atoms with E-state index in [0.717, 1.165) is 5.56 Å². The van der Waals surface area contributed by atoms with Crippen LogP contribution in [0.25, 0.3) is 0 Å². The van der Waals surface area contributed by atoms with Crippen LogP contribution in [-0.2, 0) is 16.6 Å². The number of hydrogen-bond acceptors (Lipinski definition) is 4. The second kappa shape index (κ2) is 6.13. The molecule has 1 atom stereocenters. The summed E-state index contributed by atoms with van der Waals surface area (Å²) in [5, 5.41) is 0. The molecule has 2 rings (SSSR count). The first-order valence-electron chi connectivity index (χ1n) is 6.25. The number of sulfonamides is 1. The Labute approximate surface area is 118 Å². The Balaban J connectivity index is 2.18. The number of nitrogens with one attached hydrogen (secondary N) is 1. The molecule has 1 aromatic heterocycles. The van der Waals surface area contributed by atoms with Gasteiger partial charge in [-0.15, -0.1) is 0 Å². The van der Waals surface area contributed by atoms with Gasteiger partial charge in [0, 0.05) is 18.8 Å². The smallest absolute Gasteiger partial charge is 0.242 e. The molecule has 0 saturated heterocycles. The van der Waals surface area contributed by atoms with E-state index in [1.807, 2.05) is 30.3 Å². The molecular formula is C14H17N3O2S. The maximum absolute atomic E-state index is 12.2. The Hall–Kier alpha value is -1.76. The molecule has 0 saturated carbocycles. The fourth-order valence-corrected chi connectivity index (χ4v) is 2.98. The Kier molecular flexibility index (Phi) is 4.49. The molecule has 1 heterocycles. The molecule has 0 aliphatic carbocycles. The Morgan fingerprint density at radius 2 is 1.90 bits per heavy atom. The quantitative estimate of drug-likeness (QED) is 0.876. The van der Waals surface area contributed by atoms with Gasteiger partial charge >= 0.3 is 0 Å². The summed E-state index contributed by atoms with van der Waals surface area (Å²) in [6.45, 7) is 2.09. The number of aromatic nitrogens is 1. The van der Waals surface area contributed by atoms with E-state index >= 15 is 0 Å². The van der Waals surface area contributed by atoms with Gasteiger partial charge in [-0.25, -0.2) is 13.1 Å². The standard InChI is InChI=1S/C14H17N3O2S/c1-11(12-5-3-2-4-6-12)17-20(18,19)14-8-7-13(9-15)16-10-14/h2-8,10-11,17H,9,15H2,1H3. The van der Waals surface area contributed by atoms with Crippen LogP contribution in [-0.4, -0.2) is 13.4 Å². The van der Waals surface area contributed by atoms with Crippen molar-refractivity contribution in [3.8, 4) is 0 Å². The first-order valence-corrected chi connectivity index (χ1v) is 7.73. The van der Waals surface area contributed by atoms with E-state index in [1.165, 1.54) is 12.3 Å². The second-order valence-electron chi connectivity index (χ2n) is 4.44. The van der Waals surface area contributed by atoms with Crippen molar-refractivity contribution in [2.75, 3.05) is 0 Å². The molecule has 0 aliphatic heterocycles. The molecule has 0 radical (unpaired) electrons. The lowest BCUT2D eigenvalue weighted by molar-refractivity contribution is 0.566. The fraction of sp³-hybridized carbons (Fsp3) is 0.214. The summed E-state index contributed by atoms with van der Waals surface area (Å²) >= 11 is 0. The van der Waals surface area contributed by atoms with Crippen LogP contribution >= 0.6 is 0 Å². The summed E-state index contributed by atoms with van der Waals surface area (Å²) in [6, 6.07) is 12.2. The van der Waals surface area contributed by atoms with E-state index < -0.39 is 10.0 Å². The molecule has 106 valence electrons. The molecular weight excluding hydrogens is 274 g/mol. The lowest BCUT2D eigenvalue weighted by atomic mass is 10.1. The first kappa shape index (κ1) is 14.6. The number of pyridine rings is 1. The van der Waals surface area contributed by atoms with Crippen molar-refractivity contribution in [3.63, 3.8) is 0 Å². The number of hydrogen-bond donors (Lipinski definition) is 2. The SMILES string of the molecule is CC(NS(=O)(=O)c1ccc(CN)nc1)c1ccccc1. The van der Waals surface area contributed by atoms with Gasteiger partial charge in [-0.3, -0.25) is 4.98 Å². The van der Waals surface area contributed by atoms with Gasteiger partial charge in [-0.2, -0.15) is 0 Å². The van der Waals surface area contributed by atoms with E-state index in [2.05, 4.69) is 9.71 Å². The zero-order chi connectivity index (χ0) is 14.6. The van der Waals surface area contributed by atoms with Crippen molar-refractivity contribution in [2.24, 2.45) is 5.73 Å². The first-order chi connectivity index (χ1) is 9.53. The third-order valence-electron chi connectivity index (χ3n) is 2.95. The number of nitrogens with two attached hydrogens (primary N) is 1. The van der Waals surface area contributed by atoms with Crippen LogP contribution in [0.2, 0.25) is 0 Å². The van der Waals surface area contributed by atoms with Crippen molar-refractivity contribution in [3.05, 3.63) is 59.9 Å². The zero-order valence-corrected chi connectivity index (χ0v) is 12.0. The summed E-state index contributed by atoms with van der Waals surface area (Å²) in [5.41, 5.74) is 7.00. The monoisotopic (exact) mass is 291 g/mol. The van der Waals surface area contributed by atoms with Gasteiger partial charge in [-0.1, -0.05) is 30.3 Å². The minimum absolute atomic E-state index is 0.137. The molecule has 20 heavy (non-hydrogen) atoms. The summed E-state index contributed by atoms with van der Waals surface area (Å²) in [6.07, 6.45) is 1.32. The highest BCUT2D eigenvalue weighted by atomic mass is 32.2. The number of nitrogens with zero attached hydrogens (tertiary/aromatic N) is 1.